The highest BCUT2D eigenvalue weighted by Crippen LogP contribution is 2.44. The van der Waals surface area contributed by atoms with E-state index in [1.165, 1.54) is 0 Å². The van der Waals surface area contributed by atoms with Gasteiger partial charge in [0.25, 0.3) is 0 Å². The number of H-pyrrole nitrogens is 1. The fourth-order valence-electron chi connectivity index (χ4n) is 3.53. The molecule has 2 aliphatic rings. The predicted molar refractivity (Wildman–Crippen MR) is 93.3 cm³/mol. The SMILES string of the molecule is O=C1Nc2ccccc2C12C=COC(c1c[nH]c3ccccc13)=C2. The van der Waals surface area contributed by atoms with Crippen LogP contribution < -0.4 is 5.32 Å². The Labute approximate surface area is 138 Å². The lowest BCUT2D eigenvalue weighted by Crippen LogP contribution is -2.32. The van der Waals surface area contributed by atoms with Gasteiger partial charge in [0.1, 0.15) is 11.2 Å². The smallest absolute Gasteiger partial charge is 0.243 e. The molecule has 2 N–H and O–H groups in total. The number of hydrogen-bond donors (Lipinski definition) is 2. The molecule has 4 heteroatoms. The molecule has 1 unspecified atom stereocenters. The first-order chi connectivity index (χ1) is 11.8. The summed E-state index contributed by atoms with van der Waals surface area (Å²) in [6.45, 7) is 0. The van der Waals surface area contributed by atoms with Crippen LogP contribution in [0.1, 0.15) is 11.1 Å². The summed E-state index contributed by atoms with van der Waals surface area (Å²) in [6.07, 6.45) is 7.25. The van der Waals surface area contributed by atoms with Gasteiger partial charge in [-0.25, -0.2) is 0 Å². The quantitative estimate of drug-likeness (QED) is 0.715. The summed E-state index contributed by atoms with van der Waals surface area (Å²) in [5.74, 6) is 0.627. The van der Waals surface area contributed by atoms with E-state index in [9.17, 15) is 4.79 Å². The van der Waals surface area contributed by atoms with Crippen LogP contribution in [-0.4, -0.2) is 10.9 Å². The highest BCUT2D eigenvalue weighted by molar-refractivity contribution is 6.10. The number of amides is 1. The molecule has 0 radical (unpaired) electrons. The number of rotatable bonds is 1. The third-order valence-electron chi connectivity index (χ3n) is 4.74. The summed E-state index contributed by atoms with van der Waals surface area (Å²) in [5.41, 5.74) is 2.97. The molecule has 5 rings (SSSR count). The molecule has 2 aliphatic heterocycles. The van der Waals surface area contributed by atoms with E-state index in [-0.39, 0.29) is 5.91 Å². The van der Waals surface area contributed by atoms with E-state index in [2.05, 4.69) is 10.3 Å². The van der Waals surface area contributed by atoms with E-state index in [0.717, 1.165) is 27.7 Å². The maximum atomic E-state index is 12.7. The molecule has 3 aromatic rings. The first-order valence-corrected chi connectivity index (χ1v) is 7.83. The van der Waals surface area contributed by atoms with Crippen molar-refractivity contribution in [2.24, 2.45) is 0 Å². The number of para-hydroxylation sites is 2. The Morgan fingerprint density at radius 3 is 2.79 bits per heavy atom. The first kappa shape index (κ1) is 13.2. The van der Waals surface area contributed by atoms with Gasteiger partial charge in [-0.15, -0.1) is 0 Å². The van der Waals surface area contributed by atoms with E-state index in [0.29, 0.717) is 5.76 Å². The molecule has 1 spiro atoms. The molecule has 1 amide bonds. The number of nitrogens with one attached hydrogen (secondary N) is 2. The molecule has 116 valence electrons. The van der Waals surface area contributed by atoms with Gasteiger partial charge in [0.15, 0.2) is 0 Å². The number of benzene rings is 2. The number of fused-ring (bicyclic) bond motifs is 3. The Morgan fingerprint density at radius 2 is 1.83 bits per heavy atom. The van der Waals surface area contributed by atoms with Crippen molar-refractivity contribution in [1.82, 2.24) is 4.98 Å². The molecule has 0 fully saturated rings. The molecule has 1 aromatic heterocycles. The minimum Gasteiger partial charge on any atom is -0.465 e. The van der Waals surface area contributed by atoms with Gasteiger partial charge in [-0.1, -0.05) is 36.4 Å². The zero-order chi connectivity index (χ0) is 16.1. The second-order valence-electron chi connectivity index (χ2n) is 6.05. The van der Waals surface area contributed by atoms with Crippen molar-refractivity contribution in [3.8, 4) is 0 Å². The molecule has 0 saturated carbocycles. The summed E-state index contributed by atoms with van der Waals surface area (Å²) in [4.78, 5) is 16.0. The lowest BCUT2D eigenvalue weighted by molar-refractivity contribution is -0.118. The van der Waals surface area contributed by atoms with E-state index in [1.807, 2.05) is 66.9 Å². The van der Waals surface area contributed by atoms with Crippen LogP contribution >= 0.6 is 0 Å². The third kappa shape index (κ3) is 1.65. The van der Waals surface area contributed by atoms with Gasteiger partial charge in [-0.05, 0) is 29.8 Å². The highest BCUT2D eigenvalue weighted by Gasteiger charge is 2.45. The largest absolute Gasteiger partial charge is 0.465 e. The Balaban J connectivity index is 1.71. The molecule has 3 heterocycles. The maximum Gasteiger partial charge on any atom is 0.243 e. The standard InChI is InChI=1S/C20H14N2O2/c23-19-20(15-6-2-4-8-17(15)22-19)9-10-24-18(11-20)14-12-21-16-7-3-1-5-13(14)16/h1-12,21H,(H,22,23). The van der Waals surface area contributed by atoms with Gasteiger partial charge in [-0.3, -0.25) is 4.79 Å². The summed E-state index contributed by atoms with van der Waals surface area (Å²) in [6, 6.07) is 15.8. The number of carbonyl (C=O) groups excluding carboxylic acids is 1. The molecule has 0 aliphatic carbocycles. The Kier molecular flexibility index (Phi) is 2.54. The number of carbonyl (C=O) groups is 1. The normalized spacial score (nSPS) is 21.5. The molecule has 2 aromatic carbocycles. The van der Waals surface area contributed by atoms with Crippen LogP contribution in [-0.2, 0) is 14.9 Å². The fourth-order valence-corrected chi connectivity index (χ4v) is 3.53. The monoisotopic (exact) mass is 314 g/mol. The Morgan fingerprint density at radius 1 is 1.00 bits per heavy atom. The van der Waals surface area contributed by atoms with Crippen LogP contribution in [0.25, 0.3) is 16.7 Å². The molecule has 0 saturated heterocycles. The van der Waals surface area contributed by atoms with E-state index in [4.69, 9.17) is 4.74 Å². The zero-order valence-electron chi connectivity index (χ0n) is 12.7. The van der Waals surface area contributed by atoms with Gasteiger partial charge in [0.05, 0.1) is 6.26 Å². The van der Waals surface area contributed by atoms with E-state index < -0.39 is 5.41 Å². The minimum absolute atomic E-state index is 0.0550. The van der Waals surface area contributed by atoms with Gasteiger partial charge >= 0.3 is 0 Å². The van der Waals surface area contributed by atoms with Crippen LogP contribution in [0.2, 0.25) is 0 Å². The Bertz CT molecular complexity index is 1040. The highest BCUT2D eigenvalue weighted by atomic mass is 16.5. The molecular formula is C20H14N2O2. The average Bonchev–Trinajstić information content (AvgIpc) is 3.16. The molecule has 1 atom stereocenters. The fraction of sp³-hybridized carbons (Fsp3) is 0.0500. The number of aromatic nitrogens is 1. The van der Waals surface area contributed by atoms with Crippen LogP contribution in [0, 0.1) is 0 Å². The lowest BCUT2D eigenvalue weighted by atomic mass is 9.80. The summed E-state index contributed by atoms with van der Waals surface area (Å²) < 4.78 is 5.76. The topological polar surface area (TPSA) is 54.1 Å². The van der Waals surface area contributed by atoms with Gasteiger partial charge in [-0.2, -0.15) is 0 Å². The zero-order valence-corrected chi connectivity index (χ0v) is 12.7. The van der Waals surface area contributed by atoms with Crippen molar-refractivity contribution >= 4 is 28.3 Å². The summed E-state index contributed by atoms with van der Waals surface area (Å²) in [5, 5.41) is 4.03. The number of aromatic amines is 1. The molecular weight excluding hydrogens is 300 g/mol. The average molecular weight is 314 g/mol. The second kappa shape index (κ2) is 4.61. The van der Waals surface area contributed by atoms with Crippen molar-refractivity contribution in [2.75, 3.05) is 5.32 Å². The van der Waals surface area contributed by atoms with Crippen molar-refractivity contribution in [2.45, 2.75) is 5.41 Å². The maximum absolute atomic E-state index is 12.7. The summed E-state index contributed by atoms with van der Waals surface area (Å²) >= 11 is 0. The lowest BCUT2D eigenvalue weighted by Gasteiger charge is -2.24. The third-order valence-corrected chi connectivity index (χ3v) is 4.74. The number of hydrogen-bond acceptors (Lipinski definition) is 2. The summed E-state index contributed by atoms with van der Waals surface area (Å²) in [7, 11) is 0. The van der Waals surface area contributed by atoms with Crippen molar-refractivity contribution in [1.29, 1.82) is 0 Å². The van der Waals surface area contributed by atoms with Crippen LogP contribution in [0.4, 0.5) is 5.69 Å². The van der Waals surface area contributed by atoms with E-state index >= 15 is 0 Å². The minimum atomic E-state index is -0.817. The van der Waals surface area contributed by atoms with Crippen molar-refractivity contribution in [3.05, 3.63) is 84.3 Å². The molecule has 24 heavy (non-hydrogen) atoms. The van der Waals surface area contributed by atoms with Crippen LogP contribution in [0.5, 0.6) is 0 Å². The van der Waals surface area contributed by atoms with Crippen LogP contribution in [0.15, 0.2) is 73.1 Å². The van der Waals surface area contributed by atoms with Gasteiger partial charge in [0, 0.05) is 28.4 Å². The second-order valence-corrected chi connectivity index (χ2v) is 6.05. The Hall–Kier alpha value is -3.27. The molecule has 0 bridgehead atoms. The van der Waals surface area contributed by atoms with Gasteiger partial charge < -0.3 is 15.0 Å². The predicted octanol–water partition coefficient (Wildman–Crippen LogP) is 3.94. The van der Waals surface area contributed by atoms with Gasteiger partial charge in [0.2, 0.25) is 5.91 Å². The van der Waals surface area contributed by atoms with Crippen LogP contribution in [0.3, 0.4) is 0 Å². The van der Waals surface area contributed by atoms with E-state index in [1.54, 1.807) is 6.26 Å². The molecule has 4 nitrogen and oxygen atoms in total. The number of anilines is 1. The number of ether oxygens (including phenoxy) is 1. The first-order valence-electron chi connectivity index (χ1n) is 7.83. The van der Waals surface area contributed by atoms with Crippen molar-refractivity contribution < 1.29 is 9.53 Å². The van der Waals surface area contributed by atoms with Crippen molar-refractivity contribution in [3.63, 3.8) is 0 Å².